The number of benzene rings is 1. The van der Waals surface area contributed by atoms with Crippen molar-refractivity contribution < 1.29 is 4.42 Å². The van der Waals surface area contributed by atoms with Crippen LogP contribution in [0.25, 0.3) is 11.0 Å². The zero-order valence-electron chi connectivity index (χ0n) is 9.81. The third-order valence-electron chi connectivity index (χ3n) is 2.87. The Morgan fingerprint density at radius 2 is 1.84 bits per heavy atom. The molecule has 2 heterocycles. The highest BCUT2D eigenvalue weighted by Crippen LogP contribution is 2.28. The second-order valence-corrected chi connectivity index (χ2v) is 5.08. The van der Waals surface area contributed by atoms with Gasteiger partial charge in [-0.3, -0.25) is 4.98 Å². The van der Waals surface area contributed by atoms with Gasteiger partial charge in [0, 0.05) is 16.6 Å². The molecule has 3 aromatic rings. The van der Waals surface area contributed by atoms with E-state index >= 15 is 0 Å². The number of hydrogen-bond acceptors (Lipinski definition) is 3. The van der Waals surface area contributed by atoms with Crippen molar-refractivity contribution in [1.29, 1.82) is 0 Å². The molecule has 1 aromatic carbocycles. The zero-order chi connectivity index (χ0) is 13.4. The quantitative estimate of drug-likeness (QED) is 0.771. The molecule has 96 valence electrons. The molecular formula is C14H10Cl2N2O. The lowest BCUT2D eigenvalue weighted by Gasteiger charge is -2.07. The molecule has 2 N–H and O–H groups in total. The molecule has 1 unspecified atom stereocenters. The van der Waals surface area contributed by atoms with Crippen molar-refractivity contribution >= 4 is 34.2 Å². The van der Waals surface area contributed by atoms with E-state index in [1.807, 2.05) is 18.2 Å². The van der Waals surface area contributed by atoms with Crippen molar-refractivity contribution in [1.82, 2.24) is 4.98 Å². The van der Waals surface area contributed by atoms with Gasteiger partial charge in [0.2, 0.25) is 0 Å². The molecule has 0 aliphatic heterocycles. The van der Waals surface area contributed by atoms with E-state index in [4.69, 9.17) is 33.4 Å². The van der Waals surface area contributed by atoms with Crippen LogP contribution in [0, 0.1) is 0 Å². The highest BCUT2D eigenvalue weighted by atomic mass is 35.5. The molecule has 2 aromatic heterocycles. The standard InChI is InChI=1S/C14H10Cl2N2O/c15-9-2-4-12-8(5-9)6-13(19-12)14(17)11-3-1-10(16)7-18-11/h1-7,14H,17H2. The summed E-state index contributed by atoms with van der Waals surface area (Å²) in [6.07, 6.45) is 1.57. The molecule has 3 rings (SSSR count). The Bertz CT molecular complexity index is 722. The van der Waals surface area contributed by atoms with Crippen LogP contribution >= 0.6 is 23.2 Å². The molecule has 0 amide bonds. The number of nitrogens with zero attached hydrogens (tertiary/aromatic N) is 1. The Balaban J connectivity index is 2.01. The van der Waals surface area contributed by atoms with Crippen LogP contribution in [-0.4, -0.2) is 4.98 Å². The van der Waals surface area contributed by atoms with Crippen LogP contribution in [0.15, 0.2) is 47.0 Å². The van der Waals surface area contributed by atoms with E-state index in [0.29, 0.717) is 21.5 Å². The molecule has 1 atom stereocenters. The number of nitrogens with two attached hydrogens (primary N) is 1. The fourth-order valence-corrected chi connectivity index (χ4v) is 2.20. The van der Waals surface area contributed by atoms with Crippen LogP contribution in [0.1, 0.15) is 17.5 Å². The van der Waals surface area contributed by atoms with Crippen LogP contribution in [0.3, 0.4) is 0 Å². The fraction of sp³-hybridized carbons (Fsp3) is 0.0714. The highest BCUT2D eigenvalue weighted by molar-refractivity contribution is 6.31. The SMILES string of the molecule is NC(c1ccc(Cl)cn1)c1cc2cc(Cl)ccc2o1. The van der Waals surface area contributed by atoms with Gasteiger partial charge in [0.15, 0.2) is 0 Å². The number of rotatable bonds is 2. The summed E-state index contributed by atoms with van der Waals surface area (Å²) < 4.78 is 5.71. The molecule has 0 saturated heterocycles. The van der Waals surface area contributed by atoms with E-state index in [-0.39, 0.29) is 0 Å². The van der Waals surface area contributed by atoms with Crippen molar-refractivity contribution in [2.75, 3.05) is 0 Å². The van der Waals surface area contributed by atoms with Gasteiger partial charge in [0.1, 0.15) is 17.4 Å². The third kappa shape index (κ3) is 2.45. The molecule has 0 radical (unpaired) electrons. The summed E-state index contributed by atoms with van der Waals surface area (Å²) in [6.45, 7) is 0. The maximum absolute atomic E-state index is 6.14. The second-order valence-electron chi connectivity index (χ2n) is 4.21. The van der Waals surface area contributed by atoms with Crippen molar-refractivity contribution in [2.24, 2.45) is 5.73 Å². The third-order valence-corrected chi connectivity index (χ3v) is 3.33. The molecule has 0 aliphatic rings. The first-order valence-corrected chi connectivity index (χ1v) is 6.45. The number of fused-ring (bicyclic) bond motifs is 1. The van der Waals surface area contributed by atoms with Crippen LogP contribution < -0.4 is 5.73 Å². The molecule has 0 aliphatic carbocycles. The molecule has 0 bridgehead atoms. The van der Waals surface area contributed by atoms with Crippen LogP contribution in [-0.2, 0) is 0 Å². The predicted octanol–water partition coefficient (Wildman–Crippen LogP) is 4.18. The van der Waals surface area contributed by atoms with Crippen molar-refractivity contribution in [3.05, 3.63) is 64.1 Å². The summed E-state index contributed by atoms with van der Waals surface area (Å²) in [6, 6.07) is 10.4. The van der Waals surface area contributed by atoms with Gasteiger partial charge in [-0.1, -0.05) is 23.2 Å². The lowest BCUT2D eigenvalue weighted by atomic mass is 10.1. The van der Waals surface area contributed by atoms with Gasteiger partial charge < -0.3 is 10.2 Å². The van der Waals surface area contributed by atoms with E-state index in [1.54, 1.807) is 24.4 Å². The monoisotopic (exact) mass is 292 g/mol. The summed E-state index contributed by atoms with van der Waals surface area (Å²) >= 11 is 11.7. The first-order chi connectivity index (χ1) is 9.13. The lowest BCUT2D eigenvalue weighted by molar-refractivity contribution is 0.521. The molecule has 0 spiro atoms. The van der Waals surface area contributed by atoms with Gasteiger partial charge in [-0.25, -0.2) is 0 Å². The number of aromatic nitrogens is 1. The van der Waals surface area contributed by atoms with Crippen LogP contribution in [0.2, 0.25) is 10.0 Å². The average Bonchev–Trinajstić information content (AvgIpc) is 2.81. The number of pyridine rings is 1. The van der Waals surface area contributed by atoms with Crippen molar-refractivity contribution in [2.45, 2.75) is 6.04 Å². The molecular weight excluding hydrogens is 283 g/mol. The summed E-state index contributed by atoms with van der Waals surface area (Å²) in [4.78, 5) is 4.20. The Morgan fingerprint density at radius 1 is 1.05 bits per heavy atom. The second kappa shape index (κ2) is 4.85. The largest absolute Gasteiger partial charge is 0.459 e. The topological polar surface area (TPSA) is 52.0 Å². The summed E-state index contributed by atoms with van der Waals surface area (Å²) in [5.74, 6) is 0.645. The minimum absolute atomic E-state index is 0.427. The average molecular weight is 293 g/mol. The Labute approximate surface area is 119 Å². The van der Waals surface area contributed by atoms with Gasteiger partial charge in [-0.2, -0.15) is 0 Å². The van der Waals surface area contributed by atoms with Crippen LogP contribution in [0.5, 0.6) is 0 Å². The normalized spacial score (nSPS) is 12.8. The number of hydrogen-bond donors (Lipinski definition) is 1. The predicted molar refractivity (Wildman–Crippen MR) is 76.5 cm³/mol. The van der Waals surface area contributed by atoms with E-state index in [0.717, 1.165) is 11.0 Å². The minimum Gasteiger partial charge on any atom is -0.459 e. The maximum atomic E-state index is 6.14. The molecule has 5 heteroatoms. The fourth-order valence-electron chi connectivity index (χ4n) is 1.90. The van der Waals surface area contributed by atoms with Crippen molar-refractivity contribution in [3.8, 4) is 0 Å². The van der Waals surface area contributed by atoms with E-state index < -0.39 is 6.04 Å². The Kier molecular flexibility index (Phi) is 3.19. The van der Waals surface area contributed by atoms with Gasteiger partial charge in [0.25, 0.3) is 0 Å². The van der Waals surface area contributed by atoms with Gasteiger partial charge in [0.05, 0.1) is 10.7 Å². The lowest BCUT2D eigenvalue weighted by Crippen LogP contribution is -2.12. The van der Waals surface area contributed by atoms with Crippen molar-refractivity contribution in [3.63, 3.8) is 0 Å². The van der Waals surface area contributed by atoms with E-state index in [2.05, 4.69) is 4.98 Å². The summed E-state index contributed by atoms with van der Waals surface area (Å²) in [5, 5.41) is 2.16. The summed E-state index contributed by atoms with van der Waals surface area (Å²) in [7, 11) is 0. The van der Waals surface area contributed by atoms with Gasteiger partial charge in [-0.05, 0) is 36.4 Å². The number of furan rings is 1. The highest BCUT2D eigenvalue weighted by Gasteiger charge is 2.15. The smallest absolute Gasteiger partial charge is 0.134 e. The van der Waals surface area contributed by atoms with E-state index in [1.165, 1.54) is 0 Å². The zero-order valence-corrected chi connectivity index (χ0v) is 11.3. The maximum Gasteiger partial charge on any atom is 0.134 e. The number of halogens is 2. The first kappa shape index (κ1) is 12.5. The first-order valence-electron chi connectivity index (χ1n) is 5.69. The minimum atomic E-state index is -0.427. The summed E-state index contributed by atoms with van der Waals surface area (Å²) in [5.41, 5.74) is 7.59. The van der Waals surface area contributed by atoms with Crippen LogP contribution in [0.4, 0.5) is 0 Å². The van der Waals surface area contributed by atoms with E-state index in [9.17, 15) is 0 Å². The molecule has 3 nitrogen and oxygen atoms in total. The Hall–Kier alpha value is -1.55. The Morgan fingerprint density at radius 3 is 2.58 bits per heavy atom. The van der Waals surface area contributed by atoms with Gasteiger partial charge >= 0.3 is 0 Å². The molecule has 0 fully saturated rings. The molecule has 19 heavy (non-hydrogen) atoms. The molecule has 0 saturated carbocycles. The van der Waals surface area contributed by atoms with Gasteiger partial charge in [-0.15, -0.1) is 0 Å².